The maximum Gasteiger partial charge on any atom is 0.242 e. The number of ketones is 2. The quantitative estimate of drug-likeness (QED) is 0.118. The van der Waals surface area contributed by atoms with Gasteiger partial charge in [-0.2, -0.15) is 0 Å². The van der Waals surface area contributed by atoms with E-state index in [9.17, 15) is 36.7 Å². The number of carbonyl (C=O) groups excluding carboxylic acids is 4. The first-order valence-electron chi connectivity index (χ1n) is 18.1. The number of nitrogens with zero attached hydrogens (tertiary/aromatic N) is 2. The number of hydrogen-bond donors (Lipinski definition) is 0. The zero-order valence-electron chi connectivity index (χ0n) is 31.1. The van der Waals surface area contributed by atoms with Crippen molar-refractivity contribution in [1.29, 1.82) is 0 Å². The van der Waals surface area contributed by atoms with Crippen LogP contribution in [-0.4, -0.2) is 33.2 Å². The van der Waals surface area contributed by atoms with E-state index >= 15 is 0 Å². The second-order valence-corrected chi connectivity index (χ2v) is 14.8. The molecule has 0 fully saturated rings. The fourth-order valence-corrected chi connectivity index (χ4v) is 7.83. The van der Waals surface area contributed by atoms with Crippen LogP contribution in [-0.2, 0) is 32.0 Å². The summed E-state index contributed by atoms with van der Waals surface area (Å²) in [5.74, 6) is 4.68. The van der Waals surface area contributed by atoms with Crippen LogP contribution in [0.4, 0.5) is 17.6 Å². The smallest absolute Gasteiger partial charge is 0.242 e. The third-order valence-corrected chi connectivity index (χ3v) is 11.0. The molecule has 0 radical (unpaired) electrons. The molecule has 0 saturated carbocycles. The predicted molar refractivity (Wildman–Crippen MR) is 211 cm³/mol. The number of amides is 2. The van der Waals surface area contributed by atoms with E-state index in [4.69, 9.17) is 0 Å². The van der Waals surface area contributed by atoms with Crippen LogP contribution < -0.4 is 0 Å². The molecule has 0 spiro atoms. The molecule has 4 aromatic rings. The fourth-order valence-electron chi connectivity index (χ4n) is 6.87. The van der Waals surface area contributed by atoms with Crippen molar-refractivity contribution in [2.75, 3.05) is 0 Å². The van der Waals surface area contributed by atoms with E-state index < -0.39 is 35.1 Å². The number of Topliss-reactive ketones (excluding diaryl/α,β-unsaturated/α-hetero) is 2. The number of benzene rings is 4. The Hall–Kier alpha value is -6.69. The van der Waals surface area contributed by atoms with E-state index in [1.807, 2.05) is 60.7 Å². The first-order valence-corrected chi connectivity index (χ1v) is 19.0. The summed E-state index contributed by atoms with van der Waals surface area (Å²) in [6.07, 6.45) is 5.09. The minimum absolute atomic E-state index is 0.0134. The predicted octanol–water partition coefficient (Wildman–Crippen LogP) is 8.41. The Balaban J connectivity index is 0.000000177. The minimum atomic E-state index is -0.999. The topological polar surface area (TPSA) is 74.8 Å². The number of carbonyl (C=O) groups is 4. The van der Waals surface area contributed by atoms with Crippen molar-refractivity contribution in [3.05, 3.63) is 188 Å². The van der Waals surface area contributed by atoms with Gasteiger partial charge >= 0.3 is 0 Å². The van der Waals surface area contributed by atoms with E-state index in [1.54, 1.807) is 32.3 Å². The molecule has 6 nitrogen and oxygen atoms in total. The summed E-state index contributed by atoms with van der Waals surface area (Å²) in [5.41, 5.74) is 4.00. The van der Waals surface area contributed by atoms with Gasteiger partial charge in [0.15, 0.2) is 34.8 Å². The molecule has 288 valence electrons. The normalized spacial score (nSPS) is 19.5. The van der Waals surface area contributed by atoms with E-state index in [2.05, 4.69) is 23.7 Å². The second kappa shape index (κ2) is 16.8. The molecule has 0 aromatic heterocycles. The Bertz CT molecular complexity index is 2580. The van der Waals surface area contributed by atoms with Gasteiger partial charge in [0.2, 0.25) is 11.8 Å². The molecule has 3 unspecified atom stereocenters. The second-order valence-electron chi connectivity index (χ2n) is 13.8. The Morgan fingerprint density at radius 1 is 0.603 bits per heavy atom. The summed E-state index contributed by atoms with van der Waals surface area (Å²) >= 11 is 1.28. The number of thioether (sulfide) groups is 1. The lowest BCUT2D eigenvalue weighted by atomic mass is 9.85. The van der Waals surface area contributed by atoms with Gasteiger partial charge in [-0.25, -0.2) is 17.6 Å². The Kier molecular flexibility index (Phi) is 11.5. The van der Waals surface area contributed by atoms with Gasteiger partial charge < -0.3 is 0 Å². The van der Waals surface area contributed by atoms with Crippen LogP contribution in [0, 0.1) is 64.7 Å². The molecule has 0 bridgehead atoms. The van der Waals surface area contributed by atoms with E-state index in [1.165, 1.54) is 33.7 Å². The van der Waals surface area contributed by atoms with Gasteiger partial charge in [-0.05, 0) is 92.4 Å². The molecule has 11 heteroatoms. The molecule has 0 saturated heterocycles. The molecule has 4 aromatic carbocycles. The Labute approximate surface area is 336 Å². The number of rotatable bonds is 4. The van der Waals surface area contributed by atoms with Gasteiger partial charge in [0.1, 0.15) is 11.8 Å². The first kappa shape index (κ1) is 39.5. The molecule has 4 heterocycles. The van der Waals surface area contributed by atoms with Gasteiger partial charge in [0.05, 0.1) is 21.5 Å². The van der Waals surface area contributed by atoms with Crippen molar-refractivity contribution < 1.29 is 36.7 Å². The van der Waals surface area contributed by atoms with E-state index in [0.29, 0.717) is 37.9 Å². The molecule has 2 amide bonds. The maximum atomic E-state index is 13.5. The molecule has 4 aliphatic rings. The SMILES string of the molecule is CC1=C2C(C#Cc3ccccc3)C=CN2C(=O)C(Cc2ccc(F)c(F)c2)C1=O.CC1=C2SC(C#Cc3ccccc3)=CN2C(=O)C(Cc2ccc(F)c(F)c2)C1=O. The fraction of sp³-hybridized carbons (Fsp3) is 0.149. The van der Waals surface area contributed by atoms with Crippen LogP contribution in [0.1, 0.15) is 36.1 Å². The molecule has 58 heavy (non-hydrogen) atoms. The lowest BCUT2D eigenvalue weighted by Crippen LogP contribution is -2.42. The highest BCUT2D eigenvalue weighted by atomic mass is 32.2. The average molecular weight is 797 g/mol. The zero-order valence-corrected chi connectivity index (χ0v) is 31.9. The number of allylic oxidation sites excluding steroid dienone is 4. The molecule has 8 rings (SSSR count). The monoisotopic (exact) mass is 796 g/mol. The maximum absolute atomic E-state index is 13.5. The average Bonchev–Trinajstić information content (AvgIpc) is 3.87. The minimum Gasteiger partial charge on any atom is -0.294 e. The summed E-state index contributed by atoms with van der Waals surface area (Å²) in [6, 6.07) is 25.7. The van der Waals surface area contributed by atoms with Crippen molar-refractivity contribution in [3.63, 3.8) is 0 Å². The summed E-state index contributed by atoms with van der Waals surface area (Å²) < 4.78 is 53.3. The lowest BCUT2D eigenvalue weighted by molar-refractivity contribution is -0.139. The van der Waals surface area contributed by atoms with Crippen LogP contribution in [0.2, 0.25) is 0 Å². The summed E-state index contributed by atoms with van der Waals surface area (Å²) in [4.78, 5) is 55.1. The summed E-state index contributed by atoms with van der Waals surface area (Å²) in [6.45, 7) is 3.35. The van der Waals surface area contributed by atoms with Crippen molar-refractivity contribution in [1.82, 2.24) is 9.80 Å². The zero-order chi connectivity index (χ0) is 41.1. The van der Waals surface area contributed by atoms with Crippen molar-refractivity contribution >= 4 is 35.1 Å². The molecular weight excluding hydrogens is 765 g/mol. The number of halogens is 4. The van der Waals surface area contributed by atoms with Gasteiger partial charge in [0, 0.05) is 34.7 Å². The summed E-state index contributed by atoms with van der Waals surface area (Å²) in [5, 5.41) is 0.555. The van der Waals surface area contributed by atoms with Crippen molar-refractivity contribution in [2.24, 2.45) is 17.8 Å². The molecular formula is C47H32F4N2O4S. The number of fused-ring (bicyclic) bond motifs is 2. The van der Waals surface area contributed by atoms with Crippen molar-refractivity contribution in [2.45, 2.75) is 26.7 Å². The largest absolute Gasteiger partial charge is 0.294 e. The van der Waals surface area contributed by atoms with Gasteiger partial charge in [0.25, 0.3) is 0 Å². The van der Waals surface area contributed by atoms with Gasteiger partial charge in [-0.3, -0.25) is 29.0 Å². The lowest BCUT2D eigenvalue weighted by Gasteiger charge is -2.30. The van der Waals surface area contributed by atoms with Gasteiger partial charge in [-0.1, -0.05) is 84.0 Å². The highest BCUT2D eigenvalue weighted by molar-refractivity contribution is 8.07. The third-order valence-electron chi connectivity index (χ3n) is 9.90. The van der Waals surface area contributed by atoms with E-state index in [-0.39, 0.29) is 42.1 Å². The third kappa shape index (κ3) is 8.22. The van der Waals surface area contributed by atoms with Crippen LogP contribution in [0.5, 0.6) is 0 Å². The Morgan fingerprint density at radius 2 is 1.12 bits per heavy atom. The summed E-state index contributed by atoms with van der Waals surface area (Å²) in [7, 11) is 0. The molecule has 0 N–H and O–H groups in total. The first-order chi connectivity index (χ1) is 27.9. The Morgan fingerprint density at radius 3 is 1.67 bits per heavy atom. The van der Waals surface area contributed by atoms with Crippen LogP contribution in [0.15, 0.2) is 142 Å². The highest BCUT2D eigenvalue weighted by Gasteiger charge is 2.43. The molecule has 0 aliphatic carbocycles. The standard InChI is InChI=1S/C24H17F2NO2.C23H15F2NO2S/c1-15-22-18(9-7-16-5-3-2-4-6-16)11-12-27(22)24(29)19(23(15)28)13-17-8-10-20(25)21(26)14-17;1-14-21(27)18(11-16-8-10-19(24)20(25)12-16)22(28)26-13-17(29-23(14)26)9-7-15-5-3-2-4-6-15/h2-6,8,10-12,14,18-19H,13H2,1H3;2-6,8,10,12-13,18H,11H2,1H3. The van der Waals surface area contributed by atoms with Crippen LogP contribution >= 0.6 is 11.8 Å². The van der Waals surface area contributed by atoms with Crippen molar-refractivity contribution in [3.8, 4) is 23.7 Å². The van der Waals surface area contributed by atoms with E-state index in [0.717, 1.165) is 35.4 Å². The molecule has 4 aliphatic heterocycles. The highest BCUT2D eigenvalue weighted by Crippen LogP contribution is 2.43. The van der Waals surface area contributed by atoms with Gasteiger partial charge in [-0.15, -0.1) is 0 Å². The van der Waals surface area contributed by atoms with Crippen LogP contribution in [0.25, 0.3) is 0 Å². The number of hydrogen-bond acceptors (Lipinski definition) is 5. The van der Waals surface area contributed by atoms with Crippen LogP contribution in [0.3, 0.4) is 0 Å². The molecule has 3 atom stereocenters.